The van der Waals surface area contributed by atoms with Gasteiger partial charge in [-0.15, -0.1) is 0 Å². The van der Waals surface area contributed by atoms with Crippen LogP contribution in [0, 0.1) is 0 Å². The first-order valence-electron chi connectivity index (χ1n) is 6.38. The van der Waals surface area contributed by atoms with E-state index >= 15 is 0 Å². The molecule has 98 valence electrons. The van der Waals surface area contributed by atoms with Gasteiger partial charge in [0.05, 0.1) is 12.6 Å². The van der Waals surface area contributed by atoms with Gasteiger partial charge in [-0.25, -0.2) is 0 Å². The van der Waals surface area contributed by atoms with Crippen LogP contribution in [0.3, 0.4) is 0 Å². The van der Waals surface area contributed by atoms with Gasteiger partial charge in [0.2, 0.25) is 0 Å². The van der Waals surface area contributed by atoms with Gasteiger partial charge in [-0.05, 0) is 25.0 Å². The Morgan fingerprint density at radius 1 is 1.39 bits per heavy atom. The first-order valence-corrected chi connectivity index (χ1v) is 6.38. The number of anilines is 1. The summed E-state index contributed by atoms with van der Waals surface area (Å²) in [5, 5.41) is 8.72. The third kappa shape index (κ3) is 3.47. The van der Waals surface area contributed by atoms with E-state index in [1.807, 2.05) is 18.2 Å². The highest BCUT2D eigenvalue weighted by Crippen LogP contribution is 2.22. The van der Waals surface area contributed by atoms with Gasteiger partial charge < -0.3 is 14.7 Å². The van der Waals surface area contributed by atoms with E-state index in [0.717, 1.165) is 31.9 Å². The van der Waals surface area contributed by atoms with E-state index in [2.05, 4.69) is 17.0 Å². The molecule has 1 fully saturated rings. The summed E-state index contributed by atoms with van der Waals surface area (Å²) >= 11 is 0. The van der Waals surface area contributed by atoms with E-state index in [9.17, 15) is 4.79 Å². The van der Waals surface area contributed by atoms with Gasteiger partial charge in [-0.1, -0.05) is 18.2 Å². The lowest BCUT2D eigenvalue weighted by Gasteiger charge is -2.30. The molecule has 0 bridgehead atoms. The number of ether oxygens (including phenoxy) is 1. The fourth-order valence-corrected chi connectivity index (χ4v) is 2.31. The molecule has 0 saturated carbocycles. The summed E-state index contributed by atoms with van der Waals surface area (Å²) in [5.41, 5.74) is 1.15. The van der Waals surface area contributed by atoms with Gasteiger partial charge >= 0.3 is 5.97 Å². The normalized spacial score (nSPS) is 18.8. The third-order valence-electron chi connectivity index (χ3n) is 3.22. The maximum atomic E-state index is 10.6. The Balaban J connectivity index is 2.00. The Morgan fingerprint density at radius 2 is 2.17 bits per heavy atom. The summed E-state index contributed by atoms with van der Waals surface area (Å²) in [5.74, 6) is -0.731. The van der Waals surface area contributed by atoms with Gasteiger partial charge in [0.25, 0.3) is 0 Å². The molecule has 1 saturated heterocycles. The van der Waals surface area contributed by atoms with E-state index in [0.29, 0.717) is 12.5 Å². The molecular weight excluding hydrogens is 230 g/mol. The van der Waals surface area contributed by atoms with Crippen LogP contribution in [0.5, 0.6) is 0 Å². The van der Waals surface area contributed by atoms with Crippen molar-refractivity contribution in [2.24, 2.45) is 0 Å². The van der Waals surface area contributed by atoms with Crippen LogP contribution < -0.4 is 4.90 Å². The van der Waals surface area contributed by atoms with Gasteiger partial charge in [0.1, 0.15) is 0 Å². The van der Waals surface area contributed by atoms with Crippen LogP contribution >= 0.6 is 0 Å². The van der Waals surface area contributed by atoms with Gasteiger partial charge in [0.15, 0.2) is 0 Å². The van der Waals surface area contributed by atoms with E-state index in [-0.39, 0.29) is 6.42 Å². The highest BCUT2D eigenvalue weighted by atomic mass is 16.5. The molecule has 1 aromatic rings. The van der Waals surface area contributed by atoms with Crippen LogP contribution in [-0.2, 0) is 9.53 Å². The number of hydrogen-bond acceptors (Lipinski definition) is 3. The van der Waals surface area contributed by atoms with Crippen LogP contribution in [0.4, 0.5) is 5.69 Å². The molecule has 2 rings (SSSR count). The van der Waals surface area contributed by atoms with Crippen molar-refractivity contribution in [2.45, 2.75) is 25.3 Å². The van der Waals surface area contributed by atoms with Crippen molar-refractivity contribution in [3.05, 3.63) is 30.3 Å². The van der Waals surface area contributed by atoms with E-state index in [1.54, 1.807) is 0 Å². The molecule has 0 amide bonds. The Hall–Kier alpha value is -1.55. The lowest BCUT2D eigenvalue weighted by atomic mass is 10.1. The molecule has 0 aromatic heterocycles. The average molecular weight is 249 g/mol. The lowest BCUT2D eigenvalue weighted by Crippen LogP contribution is -2.36. The van der Waals surface area contributed by atoms with Crippen molar-refractivity contribution in [1.29, 1.82) is 0 Å². The molecule has 1 aliphatic rings. The lowest BCUT2D eigenvalue weighted by molar-refractivity contribution is -0.137. The van der Waals surface area contributed by atoms with Crippen LogP contribution in [0.1, 0.15) is 19.3 Å². The maximum absolute atomic E-state index is 10.6. The van der Waals surface area contributed by atoms with E-state index < -0.39 is 5.97 Å². The number of nitrogens with zero attached hydrogens (tertiary/aromatic N) is 1. The summed E-state index contributed by atoms with van der Waals surface area (Å²) in [4.78, 5) is 12.9. The molecule has 1 unspecified atom stereocenters. The Morgan fingerprint density at radius 3 is 2.78 bits per heavy atom. The SMILES string of the molecule is O=C(O)CCCN(c1ccccc1)C1CCOC1. The minimum absolute atomic E-state index is 0.219. The number of carbonyl (C=O) groups is 1. The molecule has 0 aliphatic carbocycles. The molecular formula is C14H19NO3. The number of aliphatic carboxylic acids is 1. The zero-order valence-corrected chi connectivity index (χ0v) is 10.4. The Labute approximate surface area is 107 Å². The summed E-state index contributed by atoms with van der Waals surface area (Å²) in [6.07, 6.45) is 1.90. The highest BCUT2D eigenvalue weighted by Gasteiger charge is 2.23. The molecule has 1 aromatic carbocycles. The fraction of sp³-hybridized carbons (Fsp3) is 0.500. The van der Waals surface area contributed by atoms with E-state index in [4.69, 9.17) is 9.84 Å². The monoisotopic (exact) mass is 249 g/mol. The van der Waals surface area contributed by atoms with Crippen molar-refractivity contribution in [3.63, 3.8) is 0 Å². The molecule has 0 spiro atoms. The Bertz CT molecular complexity index is 374. The maximum Gasteiger partial charge on any atom is 0.303 e. The van der Waals surface area contributed by atoms with Gasteiger partial charge in [0, 0.05) is 25.3 Å². The predicted octanol–water partition coefficient (Wildman–Crippen LogP) is 2.15. The van der Waals surface area contributed by atoms with Crippen LogP contribution in [0.2, 0.25) is 0 Å². The van der Waals surface area contributed by atoms with Crippen LogP contribution in [0.15, 0.2) is 30.3 Å². The largest absolute Gasteiger partial charge is 0.481 e. The van der Waals surface area contributed by atoms with Crippen molar-refractivity contribution >= 4 is 11.7 Å². The minimum atomic E-state index is -0.731. The second-order valence-electron chi connectivity index (χ2n) is 4.54. The third-order valence-corrected chi connectivity index (χ3v) is 3.22. The van der Waals surface area contributed by atoms with Crippen LogP contribution in [0.25, 0.3) is 0 Å². The van der Waals surface area contributed by atoms with Crippen molar-refractivity contribution < 1.29 is 14.6 Å². The number of para-hydroxylation sites is 1. The number of carboxylic acids is 1. The quantitative estimate of drug-likeness (QED) is 0.839. The predicted molar refractivity (Wildman–Crippen MR) is 69.9 cm³/mol. The topological polar surface area (TPSA) is 49.8 Å². The number of carboxylic acid groups (broad SMARTS) is 1. The summed E-state index contributed by atoms with van der Waals surface area (Å²) in [7, 11) is 0. The molecule has 1 atom stereocenters. The standard InChI is InChI=1S/C14H19NO3/c16-14(17)7-4-9-15(13-8-10-18-11-13)12-5-2-1-3-6-12/h1-3,5-6,13H,4,7-11H2,(H,16,17). The average Bonchev–Trinajstić information content (AvgIpc) is 2.89. The molecule has 1 N–H and O–H groups in total. The minimum Gasteiger partial charge on any atom is -0.481 e. The van der Waals surface area contributed by atoms with Gasteiger partial charge in [-0.2, -0.15) is 0 Å². The second kappa shape index (κ2) is 6.40. The number of rotatable bonds is 6. The molecule has 4 heteroatoms. The summed E-state index contributed by atoms with van der Waals surface area (Å²) in [6, 6.07) is 10.5. The van der Waals surface area contributed by atoms with E-state index in [1.165, 1.54) is 0 Å². The van der Waals surface area contributed by atoms with Crippen molar-refractivity contribution in [3.8, 4) is 0 Å². The zero-order chi connectivity index (χ0) is 12.8. The molecule has 1 heterocycles. The first kappa shape index (κ1) is 12.9. The molecule has 1 aliphatic heterocycles. The molecule has 18 heavy (non-hydrogen) atoms. The van der Waals surface area contributed by atoms with Crippen LogP contribution in [-0.4, -0.2) is 36.9 Å². The smallest absolute Gasteiger partial charge is 0.303 e. The summed E-state index contributed by atoms with van der Waals surface area (Å²) < 4.78 is 5.43. The summed E-state index contributed by atoms with van der Waals surface area (Å²) in [6.45, 7) is 2.30. The molecule has 4 nitrogen and oxygen atoms in total. The molecule has 0 radical (unpaired) electrons. The number of hydrogen-bond donors (Lipinski definition) is 1. The highest BCUT2D eigenvalue weighted by molar-refractivity contribution is 5.66. The number of benzene rings is 1. The fourth-order valence-electron chi connectivity index (χ4n) is 2.31. The zero-order valence-electron chi connectivity index (χ0n) is 10.4. The van der Waals surface area contributed by atoms with Crippen molar-refractivity contribution in [1.82, 2.24) is 0 Å². The van der Waals surface area contributed by atoms with Gasteiger partial charge in [-0.3, -0.25) is 4.79 Å². The second-order valence-corrected chi connectivity index (χ2v) is 4.54. The van der Waals surface area contributed by atoms with Crippen molar-refractivity contribution in [2.75, 3.05) is 24.7 Å². The Kier molecular flexibility index (Phi) is 4.59. The first-order chi connectivity index (χ1) is 8.77.